The lowest BCUT2D eigenvalue weighted by Gasteiger charge is -2.49. The van der Waals surface area contributed by atoms with Gasteiger partial charge in [-0.05, 0) is 31.2 Å². The number of carboxylic acids is 3. The molecule has 51 heavy (non-hydrogen) atoms. The summed E-state index contributed by atoms with van der Waals surface area (Å²) in [5.74, 6) is -6.65. The average Bonchev–Trinajstić information content (AvgIpc) is 3.59. The molecule has 2 aliphatic rings. The number of amides is 2. The van der Waals surface area contributed by atoms with Crippen LogP contribution in [0.2, 0.25) is 0 Å². The zero-order chi connectivity index (χ0) is 38.2. The number of carbonyl (C=O) groups is 5. The minimum absolute atomic E-state index is 0.00502. The maximum Gasteiger partial charge on any atom is 0.430 e. The van der Waals surface area contributed by atoms with Crippen LogP contribution in [0.25, 0.3) is 5.65 Å². The summed E-state index contributed by atoms with van der Waals surface area (Å²) in [7, 11) is 1.65. The van der Waals surface area contributed by atoms with Gasteiger partial charge in [0.2, 0.25) is 17.1 Å². The second-order valence-electron chi connectivity index (χ2n) is 10.8. The van der Waals surface area contributed by atoms with E-state index in [1.165, 1.54) is 53.5 Å². The van der Waals surface area contributed by atoms with Crippen LogP contribution in [-0.2, 0) is 35.9 Å². The zero-order valence-electron chi connectivity index (χ0n) is 26.2. The summed E-state index contributed by atoms with van der Waals surface area (Å²) in [4.78, 5) is 73.6. The van der Waals surface area contributed by atoms with E-state index in [0.717, 1.165) is 16.2 Å². The van der Waals surface area contributed by atoms with Gasteiger partial charge in [-0.25, -0.2) is 19.1 Å². The molecule has 2 atom stereocenters. The van der Waals surface area contributed by atoms with Gasteiger partial charge in [-0.15, -0.1) is 23.1 Å². The highest BCUT2D eigenvalue weighted by atomic mass is 32.2. The van der Waals surface area contributed by atoms with Crippen molar-refractivity contribution in [1.29, 1.82) is 0 Å². The molecule has 0 spiro atoms. The first-order chi connectivity index (χ1) is 23.6. The molecule has 19 nitrogen and oxygen atoms in total. The van der Waals surface area contributed by atoms with Crippen LogP contribution in [0.4, 0.5) is 24.1 Å². The number of aromatic nitrogens is 4. The van der Waals surface area contributed by atoms with E-state index in [1.54, 1.807) is 17.5 Å². The Bertz CT molecular complexity index is 2000. The smallest absolute Gasteiger partial charge is 0.430 e. The summed E-state index contributed by atoms with van der Waals surface area (Å²) < 4.78 is 34.7. The summed E-state index contributed by atoms with van der Waals surface area (Å²) >= 11 is 3.45. The molecule has 2 aliphatic heterocycles. The van der Waals surface area contributed by atoms with Gasteiger partial charge in [-0.1, -0.05) is 10.1 Å². The van der Waals surface area contributed by atoms with Crippen LogP contribution in [0.1, 0.15) is 19.5 Å². The number of nitrogens with zero attached hydrogens (tertiary/aromatic N) is 6. The van der Waals surface area contributed by atoms with Crippen LogP contribution in [0, 0.1) is 0 Å². The Morgan fingerprint density at radius 2 is 1.88 bits per heavy atom. The number of aliphatic carboxylic acids is 3. The lowest BCUT2D eigenvalue weighted by molar-refractivity contribution is -0.559. The van der Waals surface area contributed by atoms with Crippen molar-refractivity contribution >= 4 is 86.9 Å². The number of nitrogens with two attached hydrogens (primary N) is 2. The first-order valence-electron chi connectivity index (χ1n) is 13.8. The number of thiazole rings is 1. The molecule has 0 bridgehead atoms. The van der Waals surface area contributed by atoms with E-state index < -0.39 is 58.6 Å². The van der Waals surface area contributed by atoms with Gasteiger partial charge < -0.3 is 46.8 Å². The third-order valence-electron chi connectivity index (χ3n) is 6.89. The quantitative estimate of drug-likeness (QED) is 0.0356. The molecule has 2 amide bonds. The number of alkyl halides is 3. The number of fused-ring (bicyclic) bond motifs is 2. The Morgan fingerprint density at radius 1 is 1.24 bits per heavy atom. The van der Waals surface area contributed by atoms with E-state index >= 15 is 0 Å². The molecule has 274 valence electrons. The minimum Gasteiger partial charge on any atom is -0.542 e. The SMILES string of the molecule is Cn1c(O)c[n+]2c(SCC3=C(C(=O)O)N4C(=O)C(NC(=O)/C(=N\OC(C)(C)C(=O)O)c5csc(N)n5)C4SC3)nc(N)cc12.O=C([O-])C(F)(F)F. The number of halogens is 3. The molecule has 0 aliphatic carbocycles. The molecule has 8 N–H and O–H groups in total. The molecule has 5 rings (SSSR count). The second-order valence-corrected chi connectivity index (χ2v) is 13.8. The third kappa shape index (κ3) is 8.20. The fraction of sp³-hybridized carbons (Fsp3) is 0.346. The molecule has 0 aromatic carbocycles. The maximum absolute atomic E-state index is 13.3. The van der Waals surface area contributed by atoms with Gasteiger partial charge >= 0.3 is 23.3 Å². The molecule has 3 aromatic heterocycles. The number of hydrogen-bond acceptors (Lipinski definition) is 16. The van der Waals surface area contributed by atoms with Crippen molar-refractivity contribution in [3.63, 3.8) is 0 Å². The number of hydrogen-bond donors (Lipinski definition) is 6. The van der Waals surface area contributed by atoms with Gasteiger partial charge in [-0.2, -0.15) is 17.6 Å². The van der Waals surface area contributed by atoms with E-state index in [9.17, 15) is 47.7 Å². The third-order valence-corrected chi connectivity index (χ3v) is 9.94. The van der Waals surface area contributed by atoms with Crippen LogP contribution in [0.15, 0.2) is 39.2 Å². The number of nitrogen functional groups attached to an aromatic ring is 2. The predicted octanol–water partition coefficient (Wildman–Crippen LogP) is -1.10. The molecule has 5 heterocycles. The van der Waals surface area contributed by atoms with Gasteiger partial charge in [0.15, 0.2) is 10.8 Å². The standard InChI is InChI=1S/C24H25N9O8S3.C2HF3O2/c1-24(2,21(39)40)41-30-14(10-8-43-22(26)27-10)17(35)29-15-18(36)33-16(20(37)38)9(6-42-19(15)33)7-44-23-28-11(25)4-12-31(3)13(34)5-32(12)23;3-2(4,5)1(6)7/h4-5,8,15,19,25H,6-7H2,1-3H3,(H6,26,27,29,34,35,37,38,39,40);(H,6,7)/b30-14-;. The molecule has 1 saturated heterocycles. The van der Waals surface area contributed by atoms with Crippen molar-refractivity contribution in [2.24, 2.45) is 12.2 Å². The molecular formula is C26H26F3N9O10S3. The summed E-state index contributed by atoms with van der Waals surface area (Å²) in [6.07, 6.45) is -3.74. The maximum atomic E-state index is 13.3. The molecule has 0 saturated carbocycles. The molecule has 0 radical (unpaired) electrons. The topological polar surface area (TPSA) is 293 Å². The van der Waals surface area contributed by atoms with Crippen LogP contribution < -0.4 is 26.3 Å². The number of aromatic hydroxyl groups is 1. The van der Waals surface area contributed by atoms with Crippen molar-refractivity contribution in [1.82, 2.24) is 24.8 Å². The van der Waals surface area contributed by atoms with Crippen molar-refractivity contribution < 1.29 is 66.8 Å². The summed E-state index contributed by atoms with van der Waals surface area (Å²) in [5.41, 5.74) is 10.3. The Morgan fingerprint density at radius 3 is 2.43 bits per heavy atom. The van der Waals surface area contributed by atoms with E-state index in [2.05, 4.69) is 20.4 Å². The van der Waals surface area contributed by atoms with Gasteiger partial charge in [0.25, 0.3) is 17.7 Å². The van der Waals surface area contributed by atoms with Crippen molar-refractivity contribution in [2.75, 3.05) is 23.0 Å². The van der Waals surface area contributed by atoms with Gasteiger partial charge in [0.05, 0.1) is 13.1 Å². The second kappa shape index (κ2) is 14.5. The number of thioether (sulfide) groups is 2. The largest absolute Gasteiger partial charge is 0.542 e. The predicted molar refractivity (Wildman–Crippen MR) is 170 cm³/mol. The minimum atomic E-state index is -5.19. The fourth-order valence-corrected chi connectivity index (χ4v) is 7.27. The van der Waals surface area contributed by atoms with E-state index in [1.807, 2.05) is 0 Å². The number of oxime groups is 1. The summed E-state index contributed by atoms with van der Waals surface area (Å²) in [5, 5.41) is 45.8. The number of anilines is 2. The van der Waals surface area contributed by atoms with E-state index in [4.69, 9.17) is 26.2 Å². The number of carboxylic acid groups (broad SMARTS) is 3. The Labute approximate surface area is 295 Å². The summed E-state index contributed by atoms with van der Waals surface area (Å²) in [6.45, 7) is 2.47. The highest BCUT2D eigenvalue weighted by Gasteiger charge is 2.54. The van der Waals surface area contributed by atoms with Gasteiger partial charge in [0.1, 0.15) is 35.0 Å². The molecule has 25 heteroatoms. The average molecular weight is 778 g/mol. The first kappa shape index (κ1) is 38.5. The normalized spacial score (nSPS) is 17.6. The number of rotatable bonds is 10. The van der Waals surface area contributed by atoms with Gasteiger partial charge in [-0.3, -0.25) is 14.5 Å². The number of imidazole rings is 1. The molecule has 2 unspecified atom stereocenters. The van der Waals surface area contributed by atoms with Crippen molar-refractivity contribution in [3.05, 3.63) is 34.6 Å². The fourth-order valence-electron chi connectivity index (χ4n) is 4.25. The highest BCUT2D eigenvalue weighted by Crippen LogP contribution is 2.41. The van der Waals surface area contributed by atoms with Crippen LogP contribution in [-0.4, -0.2) is 105 Å². The summed E-state index contributed by atoms with van der Waals surface area (Å²) in [6, 6.07) is 0.473. The molecule has 3 aromatic rings. The number of carbonyl (C=O) groups excluding carboxylic acids is 3. The Balaban J connectivity index is 0.000000755. The van der Waals surface area contributed by atoms with Gasteiger partial charge in [0, 0.05) is 16.9 Å². The van der Waals surface area contributed by atoms with Crippen LogP contribution in [0.3, 0.4) is 0 Å². The highest BCUT2D eigenvalue weighted by molar-refractivity contribution is 8.01. The van der Waals surface area contributed by atoms with Crippen molar-refractivity contribution in [3.8, 4) is 5.88 Å². The van der Waals surface area contributed by atoms with Crippen LogP contribution in [0.5, 0.6) is 5.88 Å². The number of nitrogens with one attached hydrogen (secondary N) is 1. The van der Waals surface area contributed by atoms with Crippen molar-refractivity contribution in [2.45, 2.75) is 42.2 Å². The first-order valence-corrected chi connectivity index (χ1v) is 16.7. The van der Waals surface area contributed by atoms with E-state index in [0.29, 0.717) is 16.4 Å². The number of aryl methyl sites for hydroxylation is 1. The lowest BCUT2D eigenvalue weighted by Crippen LogP contribution is -2.71. The van der Waals surface area contributed by atoms with Crippen LogP contribution >= 0.6 is 34.9 Å². The molecular weight excluding hydrogens is 752 g/mol. The monoisotopic (exact) mass is 777 g/mol. The zero-order valence-corrected chi connectivity index (χ0v) is 28.6. The Kier molecular flexibility index (Phi) is 11.0. The van der Waals surface area contributed by atoms with E-state index in [-0.39, 0.29) is 39.7 Å². The molecule has 1 fully saturated rings. The Hall–Kier alpha value is -5.30. The number of β-lactam (4-membered cyclic amide) rings is 1. The lowest BCUT2D eigenvalue weighted by atomic mass is 10.0.